The highest BCUT2D eigenvalue weighted by molar-refractivity contribution is 5.78. The molecular formula is C13H15F2N3O. The molecule has 1 aromatic rings. The molecule has 0 fully saturated rings. The molecular weight excluding hydrogens is 252 g/mol. The fraction of sp³-hybridized carbons (Fsp3) is 0.385. The van der Waals surface area contributed by atoms with Crippen LogP contribution < -0.4 is 10.2 Å². The normalized spacial score (nSPS) is 11.6. The number of hydrogen-bond donors (Lipinski definition) is 1. The monoisotopic (exact) mass is 267 g/mol. The lowest BCUT2D eigenvalue weighted by molar-refractivity contribution is -0.123. The van der Waals surface area contributed by atoms with Gasteiger partial charge in [-0.05, 0) is 12.1 Å². The van der Waals surface area contributed by atoms with Crippen molar-refractivity contribution < 1.29 is 13.6 Å². The van der Waals surface area contributed by atoms with E-state index in [0.29, 0.717) is 0 Å². The summed E-state index contributed by atoms with van der Waals surface area (Å²) in [4.78, 5) is 12.8. The number of anilines is 1. The Morgan fingerprint density at radius 1 is 1.47 bits per heavy atom. The Morgan fingerprint density at radius 2 is 2.11 bits per heavy atom. The summed E-state index contributed by atoms with van der Waals surface area (Å²) < 4.78 is 27.2. The molecule has 0 saturated heterocycles. The Hall–Kier alpha value is -2.16. The van der Waals surface area contributed by atoms with Crippen molar-refractivity contribution >= 4 is 11.6 Å². The van der Waals surface area contributed by atoms with Crippen molar-refractivity contribution in [1.82, 2.24) is 5.32 Å². The van der Waals surface area contributed by atoms with E-state index >= 15 is 0 Å². The maximum Gasteiger partial charge on any atom is 0.224 e. The first kappa shape index (κ1) is 14.9. The summed E-state index contributed by atoms with van der Waals surface area (Å²) in [5, 5.41) is 11.1. The summed E-state index contributed by atoms with van der Waals surface area (Å²) in [6.45, 7) is 1.93. The molecule has 0 heterocycles. The van der Waals surface area contributed by atoms with Crippen molar-refractivity contribution in [2.24, 2.45) is 5.92 Å². The van der Waals surface area contributed by atoms with E-state index in [-0.39, 0.29) is 29.6 Å². The third kappa shape index (κ3) is 3.19. The third-order valence-electron chi connectivity index (χ3n) is 2.84. The number of carbonyl (C=O) groups excluding carboxylic acids is 1. The second kappa shape index (κ2) is 6.14. The number of nitrogens with zero attached hydrogens (tertiary/aromatic N) is 2. The van der Waals surface area contributed by atoms with Crippen molar-refractivity contribution in [3.05, 3.63) is 29.3 Å². The predicted molar refractivity (Wildman–Crippen MR) is 67.6 cm³/mol. The minimum absolute atomic E-state index is 0.0206. The molecule has 19 heavy (non-hydrogen) atoms. The van der Waals surface area contributed by atoms with Gasteiger partial charge in [-0.1, -0.05) is 6.92 Å². The lowest BCUT2D eigenvalue weighted by Gasteiger charge is -2.23. The third-order valence-corrected chi connectivity index (χ3v) is 2.84. The highest BCUT2D eigenvalue weighted by atomic mass is 19.2. The highest BCUT2D eigenvalue weighted by Gasteiger charge is 2.19. The van der Waals surface area contributed by atoms with Gasteiger partial charge >= 0.3 is 0 Å². The lowest BCUT2D eigenvalue weighted by atomic mass is 10.1. The average Bonchev–Trinajstić information content (AvgIpc) is 2.40. The molecule has 0 saturated carbocycles. The van der Waals surface area contributed by atoms with Crippen LogP contribution in [0.25, 0.3) is 0 Å². The molecule has 0 aliphatic rings. The van der Waals surface area contributed by atoms with Crippen LogP contribution in [0.2, 0.25) is 0 Å². The zero-order valence-corrected chi connectivity index (χ0v) is 11.0. The quantitative estimate of drug-likeness (QED) is 0.902. The molecule has 0 bridgehead atoms. The lowest BCUT2D eigenvalue weighted by Crippen LogP contribution is -2.34. The van der Waals surface area contributed by atoms with Crippen molar-refractivity contribution in [2.75, 3.05) is 25.5 Å². The molecule has 102 valence electrons. The summed E-state index contributed by atoms with van der Waals surface area (Å²) in [6.07, 6.45) is 0. The Morgan fingerprint density at radius 3 is 2.63 bits per heavy atom. The van der Waals surface area contributed by atoms with E-state index in [2.05, 4.69) is 5.32 Å². The van der Waals surface area contributed by atoms with Gasteiger partial charge in [0.05, 0.1) is 17.2 Å². The summed E-state index contributed by atoms with van der Waals surface area (Å²) in [6, 6.07) is 4.12. The van der Waals surface area contributed by atoms with Crippen molar-refractivity contribution in [1.29, 1.82) is 5.26 Å². The van der Waals surface area contributed by atoms with Gasteiger partial charge < -0.3 is 10.2 Å². The number of carbonyl (C=O) groups is 1. The largest absolute Gasteiger partial charge is 0.371 e. The van der Waals surface area contributed by atoms with E-state index in [4.69, 9.17) is 5.26 Å². The van der Waals surface area contributed by atoms with Crippen molar-refractivity contribution in [3.8, 4) is 6.07 Å². The molecule has 0 radical (unpaired) electrons. The van der Waals surface area contributed by atoms with Gasteiger partial charge in [0.15, 0.2) is 11.6 Å². The van der Waals surface area contributed by atoms with Gasteiger partial charge in [0.25, 0.3) is 0 Å². The molecule has 0 aliphatic heterocycles. The number of rotatable bonds is 4. The Balaban J connectivity index is 2.96. The van der Waals surface area contributed by atoms with Gasteiger partial charge in [0.2, 0.25) is 5.91 Å². The number of halogens is 2. The van der Waals surface area contributed by atoms with E-state index in [9.17, 15) is 13.6 Å². The molecule has 0 spiro atoms. The van der Waals surface area contributed by atoms with E-state index in [1.54, 1.807) is 20.0 Å². The average molecular weight is 267 g/mol. The van der Waals surface area contributed by atoms with Crippen molar-refractivity contribution in [2.45, 2.75) is 6.92 Å². The molecule has 4 nitrogen and oxygen atoms in total. The van der Waals surface area contributed by atoms with Crippen LogP contribution in [0.5, 0.6) is 0 Å². The SMILES string of the molecule is CNC(=O)C(C)CN(C)c1ccc(C#N)c(F)c1F. The van der Waals surface area contributed by atoms with Crippen LogP contribution in [0.15, 0.2) is 12.1 Å². The maximum atomic E-state index is 13.8. The van der Waals surface area contributed by atoms with Crippen LogP contribution in [0.4, 0.5) is 14.5 Å². The van der Waals surface area contributed by atoms with Crippen LogP contribution in [0, 0.1) is 28.9 Å². The summed E-state index contributed by atoms with van der Waals surface area (Å²) in [5.41, 5.74) is -0.318. The molecule has 1 amide bonds. The van der Waals surface area contributed by atoms with Gasteiger partial charge in [-0.3, -0.25) is 4.79 Å². The summed E-state index contributed by atoms with van der Waals surface area (Å²) in [5.74, 6) is -2.79. The molecule has 1 N–H and O–H groups in total. The van der Waals surface area contributed by atoms with Gasteiger partial charge in [-0.2, -0.15) is 5.26 Å². The Bertz CT molecular complexity index is 525. The molecule has 1 aromatic carbocycles. The van der Waals surface area contributed by atoms with Crippen LogP contribution in [0.1, 0.15) is 12.5 Å². The number of nitriles is 1. The van der Waals surface area contributed by atoms with Crippen LogP contribution in [0.3, 0.4) is 0 Å². The second-order valence-corrected chi connectivity index (χ2v) is 4.27. The minimum atomic E-state index is -1.17. The molecule has 1 unspecified atom stereocenters. The summed E-state index contributed by atoms with van der Waals surface area (Å²) in [7, 11) is 3.07. The Labute approximate surface area is 110 Å². The fourth-order valence-electron chi connectivity index (χ4n) is 1.76. The van der Waals surface area contributed by atoms with E-state index in [1.165, 1.54) is 24.1 Å². The topological polar surface area (TPSA) is 56.1 Å². The predicted octanol–water partition coefficient (Wildman–Crippen LogP) is 1.65. The first-order valence-corrected chi connectivity index (χ1v) is 5.73. The number of benzene rings is 1. The molecule has 1 rings (SSSR count). The first-order chi connectivity index (χ1) is 8.92. The van der Waals surface area contributed by atoms with Gasteiger partial charge in [-0.15, -0.1) is 0 Å². The van der Waals surface area contributed by atoms with Gasteiger partial charge in [0.1, 0.15) is 6.07 Å². The smallest absolute Gasteiger partial charge is 0.224 e. The van der Waals surface area contributed by atoms with E-state index in [1.807, 2.05) is 0 Å². The van der Waals surface area contributed by atoms with Gasteiger partial charge in [-0.25, -0.2) is 8.78 Å². The fourth-order valence-corrected chi connectivity index (χ4v) is 1.76. The zero-order chi connectivity index (χ0) is 14.6. The number of amides is 1. The van der Waals surface area contributed by atoms with Crippen LogP contribution in [-0.4, -0.2) is 26.5 Å². The first-order valence-electron chi connectivity index (χ1n) is 5.73. The number of hydrogen-bond acceptors (Lipinski definition) is 3. The molecule has 0 aromatic heterocycles. The van der Waals surface area contributed by atoms with Gasteiger partial charge in [0, 0.05) is 20.6 Å². The van der Waals surface area contributed by atoms with Crippen molar-refractivity contribution in [3.63, 3.8) is 0 Å². The van der Waals surface area contributed by atoms with E-state index < -0.39 is 11.6 Å². The Kier molecular flexibility index (Phi) is 4.81. The number of nitrogens with one attached hydrogen (secondary N) is 1. The van der Waals surface area contributed by atoms with Crippen LogP contribution >= 0.6 is 0 Å². The standard InChI is InChI=1S/C13H15F2N3O/c1-8(13(19)17-2)7-18(3)10-5-4-9(6-16)11(14)12(10)15/h4-5,8H,7H2,1-3H3,(H,17,19). The van der Waals surface area contributed by atoms with E-state index in [0.717, 1.165) is 0 Å². The second-order valence-electron chi connectivity index (χ2n) is 4.27. The maximum absolute atomic E-state index is 13.8. The molecule has 6 heteroatoms. The summed E-state index contributed by atoms with van der Waals surface area (Å²) >= 11 is 0. The van der Waals surface area contributed by atoms with Crippen LogP contribution in [-0.2, 0) is 4.79 Å². The molecule has 0 aliphatic carbocycles. The highest BCUT2D eigenvalue weighted by Crippen LogP contribution is 2.23. The minimum Gasteiger partial charge on any atom is -0.371 e. The molecule has 1 atom stereocenters. The zero-order valence-electron chi connectivity index (χ0n) is 11.0.